The zero-order chi connectivity index (χ0) is 20.4. The van der Waals surface area contributed by atoms with Crippen molar-refractivity contribution in [1.29, 1.82) is 0 Å². The van der Waals surface area contributed by atoms with Gasteiger partial charge >= 0.3 is 5.97 Å². The Morgan fingerprint density at radius 2 is 1.86 bits per heavy atom. The highest BCUT2D eigenvalue weighted by Crippen LogP contribution is 2.22. The molecule has 3 rings (SSSR count). The fourth-order valence-electron chi connectivity index (χ4n) is 2.96. The van der Waals surface area contributed by atoms with E-state index in [2.05, 4.69) is 20.6 Å². The van der Waals surface area contributed by atoms with Gasteiger partial charge in [-0.3, -0.25) is 23.6 Å². The Hall–Kier alpha value is -3.43. The zero-order valence-corrected chi connectivity index (χ0v) is 16.3. The number of amides is 1. The average Bonchev–Trinajstić information content (AvgIpc) is 3.30. The summed E-state index contributed by atoms with van der Waals surface area (Å²) in [6.07, 6.45) is 4.75. The predicted molar refractivity (Wildman–Crippen MR) is 101 cm³/mol. The normalized spacial score (nSPS) is 11.0. The fourth-order valence-corrected chi connectivity index (χ4v) is 2.96. The van der Waals surface area contributed by atoms with Crippen LogP contribution in [0, 0.1) is 20.8 Å². The lowest BCUT2D eigenvalue weighted by molar-refractivity contribution is -0.137. The van der Waals surface area contributed by atoms with Crippen LogP contribution in [0.25, 0.3) is 0 Å². The summed E-state index contributed by atoms with van der Waals surface area (Å²) in [7, 11) is 0. The number of aliphatic carboxylic acids is 1. The summed E-state index contributed by atoms with van der Waals surface area (Å²) in [4.78, 5) is 23.3. The molecule has 1 amide bonds. The molecule has 0 radical (unpaired) electrons. The highest BCUT2D eigenvalue weighted by Gasteiger charge is 2.18. The quantitative estimate of drug-likeness (QED) is 0.637. The lowest BCUT2D eigenvalue weighted by atomic mass is 10.2. The monoisotopic (exact) mass is 385 g/mol. The molecule has 3 aromatic rings. The minimum Gasteiger partial charge on any atom is -0.480 e. The van der Waals surface area contributed by atoms with Gasteiger partial charge in [0, 0.05) is 24.5 Å². The first-order chi connectivity index (χ1) is 13.3. The van der Waals surface area contributed by atoms with E-state index in [0.29, 0.717) is 17.9 Å². The smallest absolute Gasteiger partial charge is 0.325 e. The molecule has 0 saturated heterocycles. The van der Waals surface area contributed by atoms with E-state index in [9.17, 15) is 9.59 Å². The number of carbonyl (C=O) groups is 2. The maximum absolute atomic E-state index is 12.5. The van der Waals surface area contributed by atoms with Crippen molar-refractivity contribution in [2.45, 2.75) is 47.3 Å². The second-order valence-corrected chi connectivity index (χ2v) is 6.57. The van der Waals surface area contributed by atoms with Gasteiger partial charge in [0.05, 0.1) is 41.1 Å². The third-order valence-electron chi connectivity index (χ3n) is 4.50. The number of rotatable bonds is 7. The average molecular weight is 385 g/mol. The molecule has 0 saturated carbocycles. The Morgan fingerprint density at radius 3 is 2.50 bits per heavy atom. The van der Waals surface area contributed by atoms with Crippen LogP contribution in [0.5, 0.6) is 0 Å². The largest absolute Gasteiger partial charge is 0.480 e. The molecule has 0 aromatic carbocycles. The van der Waals surface area contributed by atoms with Gasteiger partial charge < -0.3 is 10.4 Å². The number of hydrogen-bond donors (Lipinski definition) is 2. The molecule has 3 aromatic heterocycles. The van der Waals surface area contributed by atoms with Gasteiger partial charge in [-0.15, -0.1) is 0 Å². The van der Waals surface area contributed by atoms with E-state index in [0.717, 1.165) is 23.5 Å². The third-order valence-corrected chi connectivity index (χ3v) is 4.50. The van der Waals surface area contributed by atoms with Crippen LogP contribution in [0.15, 0.2) is 18.6 Å². The van der Waals surface area contributed by atoms with E-state index in [4.69, 9.17) is 5.11 Å². The van der Waals surface area contributed by atoms with Crippen molar-refractivity contribution in [2.24, 2.45) is 0 Å². The molecule has 0 fully saturated rings. The van der Waals surface area contributed by atoms with Crippen LogP contribution in [0.1, 0.15) is 39.9 Å². The molecular formula is C18H23N7O3. The van der Waals surface area contributed by atoms with Gasteiger partial charge in [-0.25, -0.2) is 0 Å². The lowest BCUT2D eigenvalue weighted by Crippen LogP contribution is -2.13. The Labute approximate surface area is 161 Å². The Bertz CT molecular complexity index is 1030. The number of carboxylic acid groups (broad SMARTS) is 1. The first kappa shape index (κ1) is 19.3. The van der Waals surface area contributed by atoms with Crippen molar-refractivity contribution in [3.8, 4) is 0 Å². The fraction of sp³-hybridized carbons (Fsp3) is 0.389. The van der Waals surface area contributed by atoms with Crippen molar-refractivity contribution in [3.63, 3.8) is 0 Å². The van der Waals surface area contributed by atoms with E-state index < -0.39 is 5.97 Å². The molecule has 0 aliphatic rings. The van der Waals surface area contributed by atoms with Gasteiger partial charge in [0.15, 0.2) is 0 Å². The van der Waals surface area contributed by atoms with Crippen molar-refractivity contribution < 1.29 is 14.7 Å². The highest BCUT2D eigenvalue weighted by atomic mass is 16.4. The van der Waals surface area contributed by atoms with Crippen LogP contribution in [0.4, 0.5) is 5.69 Å². The van der Waals surface area contributed by atoms with Crippen LogP contribution < -0.4 is 5.32 Å². The molecule has 3 heterocycles. The first-order valence-corrected chi connectivity index (χ1v) is 8.91. The number of carbonyl (C=O) groups excluding carboxylic acids is 1. The summed E-state index contributed by atoms with van der Waals surface area (Å²) in [5.41, 5.74) is 4.47. The number of hydrogen-bond acceptors (Lipinski definition) is 5. The lowest BCUT2D eigenvalue weighted by Gasteiger charge is -2.06. The molecule has 2 N–H and O–H groups in total. The molecule has 0 bridgehead atoms. The summed E-state index contributed by atoms with van der Waals surface area (Å²) < 4.78 is 4.92. The highest BCUT2D eigenvalue weighted by molar-refractivity contribution is 6.04. The summed E-state index contributed by atoms with van der Waals surface area (Å²) >= 11 is 0. The zero-order valence-electron chi connectivity index (χ0n) is 16.3. The van der Waals surface area contributed by atoms with Gasteiger partial charge in [0.2, 0.25) is 0 Å². The second kappa shape index (κ2) is 7.67. The molecule has 0 aliphatic heterocycles. The van der Waals surface area contributed by atoms with E-state index in [1.807, 2.05) is 43.3 Å². The number of carboxylic acids is 1. The van der Waals surface area contributed by atoms with Gasteiger partial charge in [0.25, 0.3) is 5.91 Å². The van der Waals surface area contributed by atoms with E-state index in [-0.39, 0.29) is 18.0 Å². The van der Waals surface area contributed by atoms with Crippen molar-refractivity contribution in [2.75, 3.05) is 5.32 Å². The predicted octanol–water partition coefficient (Wildman–Crippen LogP) is 1.61. The third kappa shape index (κ3) is 3.95. The molecule has 10 nitrogen and oxygen atoms in total. The summed E-state index contributed by atoms with van der Waals surface area (Å²) in [6, 6.07) is 0. The summed E-state index contributed by atoms with van der Waals surface area (Å²) in [5.74, 6) is -1.39. The van der Waals surface area contributed by atoms with Crippen molar-refractivity contribution in [3.05, 3.63) is 46.8 Å². The Kier molecular flexibility index (Phi) is 5.30. The Balaban J connectivity index is 1.77. The van der Waals surface area contributed by atoms with E-state index >= 15 is 0 Å². The molecule has 148 valence electrons. The number of anilines is 1. The van der Waals surface area contributed by atoms with Gasteiger partial charge in [-0.05, 0) is 27.7 Å². The van der Waals surface area contributed by atoms with E-state index in [1.165, 1.54) is 17.1 Å². The molecule has 28 heavy (non-hydrogen) atoms. The number of nitrogens with zero attached hydrogens (tertiary/aromatic N) is 6. The standard InChI is InChI=1S/C18H23N7O3/c1-5-23-8-15(11(2)21-23)9-25-13(4)17(12(3)22-25)20-18(28)14-6-19-24(7-14)10-16(26)27/h6-8H,5,9-10H2,1-4H3,(H,20,28)(H,26,27). The van der Waals surface area contributed by atoms with Gasteiger partial charge in [0.1, 0.15) is 6.54 Å². The minimum absolute atomic E-state index is 0.285. The topological polar surface area (TPSA) is 120 Å². The van der Waals surface area contributed by atoms with Crippen LogP contribution in [-0.4, -0.2) is 46.3 Å². The maximum Gasteiger partial charge on any atom is 0.325 e. The van der Waals surface area contributed by atoms with Crippen molar-refractivity contribution in [1.82, 2.24) is 29.3 Å². The van der Waals surface area contributed by atoms with Crippen LogP contribution in [-0.2, 0) is 24.4 Å². The van der Waals surface area contributed by atoms with Gasteiger partial charge in [-0.2, -0.15) is 15.3 Å². The van der Waals surface area contributed by atoms with Crippen molar-refractivity contribution >= 4 is 17.6 Å². The molecule has 0 atom stereocenters. The molecular weight excluding hydrogens is 362 g/mol. The molecule has 10 heteroatoms. The molecule has 0 unspecified atom stereocenters. The Morgan fingerprint density at radius 1 is 1.11 bits per heavy atom. The van der Waals surface area contributed by atoms with Crippen LogP contribution >= 0.6 is 0 Å². The minimum atomic E-state index is -1.02. The SMILES string of the molecule is CCn1cc(Cn2nc(C)c(NC(=O)c3cnn(CC(=O)O)c3)c2C)c(C)n1. The summed E-state index contributed by atoms with van der Waals surface area (Å²) in [5, 5.41) is 24.5. The number of aromatic nitrogens is 6. The van der Waals surface area contributed by atoms with Crippen LogP contribution in [0.3, 0.4) is 0 Å². The molecule has 0 aliphatic carbocycles. The summed E-state index contributed by atoms with van der Waals surface area (Å²) in [6.45, 7) is 8.78. The number of nitrogens with one attached hydrogen (secondary N) is 1. The van der Waals surface area contributed by atoms with Gasteiger partial charge in [-0.1, -0.05) is 0 Å². The van der Waals surface area contributed by atoms with E-state index in [1.54, 1.807) is 0 Å². The number of aryl methyl sites for hydroxylation is 3. The molecule has 0 spiro atoms. The maximum atomic E-state index is 12.5. The second-order valence-electron chi connectivity index (χ2n) is 6.57. The first-order valence-electron chi connectivity index (χ1n) is 8.91. The van der Waals surface area contributed by atoms with Crippen LogP contribution in [0.2, 0.25) is 0 Å².